The number of thiophene rings is 1. The number of para-hydroxylation sites is 4. The monoisotopic (exact) mass is 799 g/mol. The summed E-state index contributed by atoms with van der Waals surface area (Å²) in [6, 6.07) is 77.9. The highest BCUT2D eigenvalue weighted by Crippen LogP contribution is 2.57. The first-order valence-electron chi connectivity index (χ1n) is 21.0. The molecule has 1 aliphatic heterocycles. The van der Waals surface area contributed by atoms with Crippen LogP contribution in [0.25, 0.3) is 42.4 Å². The first-order chi connectivity index (χ1) is 30.0. The van der Waals surface area contributed by atoms with Crippen molar-refractivity contribution < 1.29 is 0 Å². The molecule has 61 heavy (non-hydrogen) atoms. The van der Waals surface area contributed by atoms with E-state index in [9.17, 15) is 0 Å². The quantitative estimate of drug-likeness (QED) is 0.166. The van der Waals surface area contributed by atoms with E-state index in [2.05, 4.69) is 241 Å². The molecule has 1 aliphatic carbocycles. The Kier molecular flexibility index (Phi) is 8.06. The summed E-state index contributed by atoms with van der Waals surface area (Å²) in [5.74, 6) is 0. The minimum atomic E-state index is -0.114. The number of nitrogens with zero attached hydrogens (tertiary/aromatic N) is 3. The number of anilines is 9. The third-order valence-electron chi connectivity index (χ3n) is 12.8. The van der Waals surface area contributed by atoms with Gasteiger partial charge in [-0.05, 0) is 130 Å². The third kappa shape index (κ3) is 5.63. The topological polar surface area (TPSA) is 9.72 Å². The second-order valence-electron chi connectivity index (χ2n) is 16.6. The van der Waals surface area contributed by atoms with E-state index in [0.29, 0.717) is 0 Å². The van der Waals surface area contributed by atoms with Crippen molar-refractivity contribution in [3.05, 3.63) is 223 Å². The van der Waals surface area contributed by atoms with Gasteiger partial charge in [0.25, 0.3) is 0 Å². The van der Waals surface area contributed by atoms with Gasteiger partial charge >= 0.3 is 0 Å². The standard InChI is InChI=1S/C57H41N3S/c1-57(2)49-21-11-9-19-45(49)46-32-30-44(37-50(46)57)60-52-23-13-12-22-51(52)59(41-17-7-4-8-18-41)53-33-27-39(35-54(53)60)38-25-28-42(29-26-38)58(40-15-5-3-6-16-40)43-31-34-56-48(36-43)47-20-10-14-24-55(47)61-56/h3-37H,1-2H3. The van der Waals surface area contributed by atoms with Gasteiger partial charge in [0, 0.05) is 54.0 Å². The summed E-state index contributed by atoms with van der Waals surface area (Å²) in [4.78, 5) is 7.25. The van der Waals surface area contributed by atoms with E-state index in [-0.39, 0.29) is 5.41 Å². The summed E-state index contributed by atoms with van der Waals surface area (Å²) in [5.41, 5.74) is 17.8. The Morgan fingerprint density at radius 1 is 0.377 bits per heavy atom. The van der Waals surface area contributed by atoms with Gasteiger partial charge in [0.2, 0.25) is 0 Å². The van der Waals surface area contributed by atoms with Crippen molar-refractivity contribution in [2.75, 3.05) is 14.7 Å². The summed E-state index contributed by atoms with van der Waals surface area (Å²) >= 11 is 1.85. The average Bonchev–Trinajstić information content (AvgIpc) is 3.80. The molecule has 0 saturated carbocycles. The second kappa shape index (κ2) is 13.8. The molecule has 0 unspecified atom stereocenters. The van der Waals surface area contributed by atoms with E-state index < -0.39 is 0 Å². The normalized spacial score (nSPS) is 13.5. The van der Waals surface area contributed by atoms with Gasteiger partial charge in [0.05, 0.1) is 22.7 Å². The van der Waals surface area contributed by atoms with Gasteiger partial charge in [-0.3, -0.25) is 0 Å². The van der Waals surface area contributed by atoms with Crippen molar-refractivity contribution in [1.29, 1.82) is 0 Å². The maximum Gasteiger partial charge on any atom is 0.0709 e. The molecule has 1 aromatic heterocycles. The second-order valence-corrected chi connectivity index (χ2v) is 17.7. The van der Waals surface area contributed by atoms with Crippen molar-refractivity contribution in [3.63, 3.8) is 0 Å². The minimum absolute atomic E-state index is 0.114. The minimum Gasteiger partial charge on any atom is -0.310 e. The van der Waals surface area contributed by atoms with Crippen molar-refractivity contribution in [1.82, 2.24) is 0 Å². The number of benzene rings is 9. The first-order valence-corrected chi connectivity index (χ1v) is 21.8. The molecular weight excluding hydrogens is 759 g/mol. The van der Waals surface area contributed by atoms with Gasteiger partial charge in [-0.25, -0.2) is 0 Å². The van der Waals surface area contributed by atoms with Gasteiger partial charge in [-0.1, -0.05) is 129 Å². The molecule has 0 N–H and O–H groups in total. The van der Waals surface area contributed by atoms with Crippen molar-refractivity contribution in [2.45, 2.75) is 19.3 Å². The fourth-order valence-electron chi connectivity index (χ4n) is 9.82. The molecule has 10 aromatic rings. The summed E-state index contributed by atoms with van der Waals surface area (Å²) in [5, 5.41) is 2.59. The van der Waals surface area contributed by atoms with Crippen LogP contribution in [0.15, 0.2) is 212 Å². The Morgan fingerprint density at radius 2 is 0.967 bits per heavy atom. The maximum atomic E-state index is 2.47. The zero-order chi connectivity index (χ0) is 40.7. The van der Waals surface area contributed by atoms with Crippen LogP contribution in [0.5, 0.6) is 0 Å². The molecule has 0 spiro atoms. The Balaban J connectivity index is 0.989. The highest BCUT2D eigenvalue weighted by Gasteiger charge is 2.37. The van der Waals surface area contributed by atoms with Crippen LogP contribution in [0, 0.1) is 0 Å². The molecule has 3 nitrogen and oxygen atoms in total. The van der Waals surface area contributed by atoms with E-state index >= 15 is 0 Å². The lowest BCUT2D eigenvalue weighted by atomic mass is 9.82. The zero-order valence-electron chi connectivity index (χ0n) is 34.0. The predicted octanol–water partition coefficient (Wildman–Crippen LogP) is 16.8. The number of rotatable bonds is 6. The highest BCUT2D eigenvalue weighted by molar-refractivity contribution is 7.25. The van der Waals surface area contributed by atoms with Crippen molar-refractivity contribution in [3.8, 4) is 22.3 Å². The van der Waals surface area contributed by atoms with E-state index in [1.165, 1.54) is 42.4 Å². The Hall–Kier alpha value is -7.40. The largest absolute Gasteiger partial charge is 0.310 e. The summed E-state index contributed by atoms with van der Waals surface area (Å²) < 4.78 is 2.62. The van der Waals surface area contributed by atoms with E-state index in [1.807, 2.05) is 11.3 Å². The van der Waals surface area contributed by atoms with Gasteiger partial charge in [-0.15, -0.1) is 11.3 Å². The highest BCUT2D eigenvalue weighted by atomic mass is 32.1. The number of hydrogen-bond acceptors (Lipinski definition) is 4. The smallest absolute Gasteiger partial charge is 0.0709 e. The molecule has 0 atom stereocenters. The molecule has 2 heterocycles. The van der Waals surface area contributed by atoms with Crippen molar-refractivity contribution >= 4 is 82.7 Å². The van der Waals surface area contributed by atoms with Gasteiger partial charge in [0.1, 0.15) is 0 Å². The van der Waals surface area contributed by atoms with Gasteiger partial charge < -0.3 is 14.7 Å². The van der Waals surface area contributed by atoms with Gasteiger partial charge in [0.15, 0.2) is 0 Å². The molecule has 0 bridgehead atoms. The predicted molar refractivity (Wildman–Crippen MR) is 260 cm³/mol. The van der Waals surface area contributed by atoms with Crippen LogP contribution in [0.3, 0.4) is 0 Å². The third-order valence-corrected chi connectivity index (χ3v) is 13.9. The molecule has 4 heteroatoms. The van der Waals surface area contributed by atoms with Crippen LogP contribution >= 0.6 is 11.3 Å². The number of fused-ring (bicyclic) bond motifs is 8. The average molecular weight is 800 g/mol. The Bertz CT molecular complexity index is 3290. The summed E-state index contributed by atoms with van der Waals surface area (Å²) in [6.07, 6.45) is 0. The van der Waals surface area contributed by atoms with Crippen LogP contribution in [-0.2, 0) is 5.41 Å². The molecule has 9 aromatic carbocycles. The fourth-order valence-corrected chi connectivity index (χ4v) is 10.9. The molecule has 0 saturated heterocycles. The molecule has 12 rings (SSSR count). The van der Waals surface area contributed by atoms with E-state index in [0.717, 1.165) is 62.3 Å². The Labute approximate surface area is 360 Å². The van der Waals surface area contributed by atoms with Gasteiger partial charge in [-0.2, -0.15) is 0 Å². The summed E-state index contributed by atoms with van der Waals surface area (Å²) in [6.45, 7) is 4.72. The SMILES string of the molecule is CC1(C)c2ccccc2-c2ccc(N3c4ccccc4N(c4ccccc4)c4ccc(-c5ccc(N(c6ccccc6)c6ccc7sc8ccccc8c7c6)cc5)cc43)cc21. The molecular formula is C57H41N3S. The fraction of sp³-hybridized carbons (Fsp3) is 0.0526. The maximum absolute atomic E-state index is 2.47. The van der Waals surface area contributed by atoms with Crippen LogP contribution in [-0.4, -0.2) is 0 Å². The lowest BCUT2D eigenvalue weighted by molar-refractivity contribution is 0.660. The molecule has 290 valence electrons. The van der Waals surface area contributed by atoms with Crippen LogP contribution in [0.1, 0.15) is 25.0 Å². The Morgan fingerprint density at radius 3 is 1.77 bits per heavy atom. The first kappa shape index (κ1) is 35.5. The molecule has 0 amide bonds. The zero-order valence-corrected chi connectivity index (χ0v) is 34.8. The lowest BCUT2D eigenvalue weighted by Gasteiger charge is -2.41. The molecule has 0 fully saturated rings. The van der Waals surface area contributed by atoms with Crippen LogP contribution < -0.4 is 14.7 Å². The number of hydrogen-bond donors (Lipinski definition) is 0. The van der Waals surface area contributed by atoms with E-state index in [4.69, 9.17) is 0 Å². The van der Waals surface area contributed by atoms with Crippen LogP contribution in [0.4, 0.5) is 51.2 Å². The summed E-state index contributed by atoms with van der Waals surface area (Å²) in [7, 11) is 0. The van der Waals surface area contributed by atoms with Crippen molar-refractivity contribution in [2.24, 2.45) is 0 Å². The van der Waals surface area contributed by atoms with E-state index in [1.54, 1.807) is 0 Å². The van der Waals surface area contributed by atoms with Crippen LogP contribution in [0.2, 0.25) is 0 Å². The molecule has 0 radical (unpaired) electrons. The lowest BCUT2D eigenvalue weighted by Crippen LogP contribution is -2.24. The molecule has 2 aliphatic rings.